The van der Waals surface area contributed by atoms with E-state index >= 15 is 0 Å². The molecule has 6 nitrogen and oxygen atoms in total. The third-order valence-electron chi connectivity index (χ3n) is 2.75. The van der Waals surface area contributed by atoms with Gasteiger partial charge < -0.3 is 4.74 Å². The zero-order chi connectivity index (χ0) is 14.8. The highest BCUT2D eigenvalue weighted by molar-refractivity contribution is 9.10. The molecule has 0 saturated carbocycles. The van der Waals surface area contributed by atoms with Crippen LogP contribution >= 0.6 is 15.9 Å². The van der Waals surface area contributed by atoms with E-state index in [1.165, 1.54) is 13.2 Å². The first-order valence-corrected chi connectivity index (χ1v) is 8.14. The van der Waals surface area contributed by atoms with Crippen molar-refractivity contribution in [1.29, 1.82) is 0 Å². The first-order valence-electron chi connectivity index (χ1n) is 5.86. The minimum Gasteiger partial charge on any atom is -0.495 e. The number of benzene rings is 1. The molecule has 0 aliphatic heterocycles. The van der Waals surface area contributed by atoms with Gasteiger partial charge >= 0.3 is 0 Å². The number of methoxy groups -OCH3 is 1. The highest BCUT2D eigenvalue weighted by atomic mass is 79.9. The molecule has 0 aliphatic carbocycles. The van der Waals surface area contributed by atoms with Crippen molar-refractivity contribution in [2.45, 2.75) is 18.2 Å². The molecule has 1 aromatic heterocycles. The zero-order valence-corrected chi connectivity index (χ0v) is 13.4. The van der Waals surface area contributed by atoms with Gasteiger partial charge in [0.05, 0.1) is 13.3 Å². The van der Waals surface area contributed by atoms with Crippen LogP contribution in [0.25, 0.3) is 0 Å². The maximum Gasteiger partial charge on any atom is 0.266 e. The summed E-state index contributed by atoms with van der Waals surface area (Å²) in [7, 11) is -2.33. The Morgan fingerprint density at radius 2 is 2.20 bits per heavy atom. The van der Waals surface area contributed by atoms with Gasteiger partial charge in [-0.15, -0.1) is 0 Å². The second-order valence-electron chi connectivity index (χ2n) is 4.02. The van der Waals surface area contributed by atoms with Crippen LogP contribution in [0.15, 0.2) is 33.8 Å². The van der Waals surface area contributed by atoms with Crippen molar-refractivity contribution in [3.8, 4) is 5.75 Å². The van der Waals surface area contributed by atoms with Gasteiger partial charge in [-0.05, 0) is 24.6 Å². The van der Waals surface area contributed by atoms with E-state index in [4.69, 9.17) is 4.74 Å². The molecule has 2 N–H and O–H groups in total. The number of nitrogens with one attached hydrogen (secondary N) is 2. The minimum atomic E-state index is -3.76. The average Bonchev–Trinajstić information content (AvgIpc) is 2.85. The summed E-state index contributed by atoms with van der Waals surface area (Å²) in [6.07, 6.45) is 2.26. The average molecular weight is 360 g/mol. The highest BCUT2D eigenvalue weighted by Crippen LogP contribution is 2.29. The second kappa shape index (κ2) is 5.84. The van der Waals surface area contributed by atoms with E-state index in [1.807, 2.05) is 6.92 Å². The van der Waals surface area contributed by atoms with Crippen LogP contribution in [0.1, 0.15) is 12.5 Å². The van der Waals surface area contributed by atoms with Gasteiger partial charge in [-0.3, -0.25) is 9.82 Å². The van der Waals surface area contributed by atoms with E-state index in [0.717, 1.165) is 5.56 Å². The number of hydrogen-bond donors (Lipinski definition) is 2. The molecule has 0 atom stereocenters. The SMILES string of the molecule is CCc1cn[nH]c1NS(=O)(=O)c1cc(Br)ccc1OC. The fraction of sp³-hybridized carbons (Fsp3) is 0.250. The zero-order valence-electron chi connectivity index (χ0n) is 11.0. The lowest BCUT2D eigenvalue weighted by Gasteiger charge is -2.11. The summed E-state index contributed by atoms with van der Waals surface area (Å²) >= 11 is 3.26. The number of aryl methyl sites for hydroxylation is 1. The van der Waals surface area contributed by atoms with E-state index < -0.39 is 10.0 Å². The summed E-state index contributed by atoms with van der Waals surface area (Å²) in [6, 6.07) is 4.79. The van der Waals surface area contributed by atoms with Crippen molar-refractivity contribution in [1.82, 2.24) is 10.2 Å². The Hall–Kier alpha value is -1.54. The van der Waals surface area contributed by atoms with Crippen LogP contribution in [-0.4, -0.2) is 25.7 Å². The molecule has 2 aromatic rings. The fourth-order valence-electron chi connectivity index (χ4n) is 1.72. The molecule has 0 aliphatic rings. The van der Waals surface area contributed by atoms with Gasteiger partial charge in [0.2, 0.25) is 0 Å². The van der Waals surface area contributed by atoms with Crippen LogP contribution in [0.5, 0.6) is 5.75 Å². The Morgan fingerprint density at radius 1 is 1.45 bits per heavy atom. The number of H-pyrrole nitrogens is 1. The number of anilines is 1. The quantitative estimate of drug-likeness (QED) is 0.858. The lowest BCUT2D eigenvalue weighted by molar-refractivity contribution is 0.403. The smallest absolute Gasteiger partial charge is 0.266 e. The van der Waals surface area contributed by atoms with Crippen molar-refractivity contribution in [3.63, 3.8) is 0 Å². The first-order chi connectivity index (χ1) is 9.47. The molecule has 0 unspecified atom stereocenters. The number of ether oxygens (including phenoxy) is 1. The Balaban J connectivity index is 2.43. The summed E-state index contributed by atoms with van der Waals surface area (Å²) in [4.78, 5) is 0.0611. The first kappa shape index (κ1) is 14.9. The van der Waals surface area contributed by atoms with Gasteiger partial charge in [0.1, 0.15) is 16.5 Å². The van der Waals surface area contributed by atoms with E-state index in [2.05, 4.69) is 30.8 Å². The van der Waals surface area contributed by atoms with Crippen LogP contribution < -0.4 is 9.46 Å². The van der Waals surface area contributed by atoms with Crippen molar-refractivity contribution in [2.75, 3.05) is 11.8 Å². The van der Waals surface area contributed by atoms with Crippen molar-refractivity contribution >= 4 is 31.8 Å². The van der Waals surface area contributed by atoms with Crippen LogP contribution in [-0.2, 0) is 16.4 Å². The molecule has 108 valence electrons. The van der Waals surface area contributed by atoms with E-state index in [0.29, 0.717) is 16.7 Å². The predicted molar refractivity (Wildman–Crippen MR) is 79.5 cm³/mol. The van der Waals surface area contributed by atoms with E-state index in [-0.39, 0.29) is 10.6 Å². The lowest BCUT2D eigenvalue weighted by Crippen LogP contribution is -2.15. The monoisotopic (exact) mass is 359 g/mol. The van der Waals surface area contributed by atoms with Crippen molar-refractivity contribution < 1.29 is 13.2 Å². The maximum atomic E-state index is 12.4. The number of sulfonamides is 1. The Labute approximate surface area is 125 Å². The molecular weight excluding hydrogens is 346 g/mol. The fourth-order valence-corrected chi connectivity index (χ4v) is 3.48. The number of aromatic amines is 1. The summed E-state index contributed by atoms with van der Waals surface area (Å²) in [5.41, 5.74) is 0.794. The summed E-state index contributed by atoms with van der Waals surface area (Å²) in [6.45, 7) is 1.92. The molecule has 1 heterocycles. The molecule has 0 amide bonds. The summed E-state index contributed by atoms with van der Waals surface area (Å²) in [5.74, 6) is 0.646. The summed E-state index contributed by atoms with van der Waals surface area (Å²) in [5, 5.41) is 6.48. The normalized spacial score (nSPS) is 11.3. The van der Waals surface area contributed by atoms with Gasteiger partial charge in [0.25, 0.3) is 10.0 Å². The molecule has 0 bridgehead atoms. The number of nitrogens with zero attached hydrogens (tertiary/aromatic N) is 1. The van der Waals surface area contributed by atoms with Gasteiger partial charge in [-0.1, -0.05) is 22.9 Å². The van der Waals surface area contributed by atoms with E-state index in [1.54, 1.807) is 18.3 Å². The van der Waals surface area contributed by atoms with Crippen LogP contribution in [0.2, 0.25) is 0 Å². The lowest BCUT2D eigenvalue weighted by atomic mass is 10.3. The molecule has 0 fully saturated rings. The molecule has 0 saturated heterocycles. The molecule has 1 aromatic carbocycles. The Kier molecular flexibility index (Phi) is 4.34. The standard InChI is InChI=1S/C12H14BrN3O3S/c1-3-8-7-14-15-12(8)16-20(17,18)11-6-9(13)4-5-10(11)19-2/h4-7H,3H2,1-2H3,(H2,14,15,16). The summed E-state index contributed by atoms with van der Waals surface area (Å²) < 4.78 is 33.1. The molecular formula is C12H14BrN3O3S. The predicted octanol–water partition coefficient (Wildman–Crippen LogP) is 2.54. The molecule has 0 spiro atoms. The van der Waals surface area contributed by atoms with Gasteiger partial charge in [-0.25, -0.2) is 8.42 Å². The second-order valence-corrected chi connectivity index (χ2v) is 6.59. The number of rotatable bonds is 5. The maximum absolute atomic E-state index is 12.4. The third kappa shape index (κ3) is 2.96. The van der Waals surface area contributed by atoms with Gasteiger partial charge in [-0.2, -0.15) is 5.10 Å². The number of halogens is 1. The van der Waals surface area contributed by atoms with Crippen LogP contribution in [0.3, 0.4) is 0 Å². The van der Waals surface area contributed by atoms with Crippen LogP contribution in [0, 0.1) is 0 Å². The largest absolute Gasteiger partial charge is 0.495 e. The Bertz CT molecular complexity index is 712. The third-order valence-corrected chi connectivity index (χ3v) is 4.61. The molecule has 20 heavy (non-hydrogen) atoms. The molecule has 0 radical (unpaired) electrons. The van der Waals surface area contributed by atoms with Gasteiger partial charge in [0.15, 0.2) is 0 Å². The minimum absolute atomic E-state index is 0.0611. The number of hydrogen-bond acceptors (Lipinski definition) is 4. The van der Waals surface area contributed by atoms with E-state index in [9.17, 15) is 8.42 Å². The van der Waals surface area contributed by atoms with Crippen molar-refractivity contribution in [2.24, 2.45) is 0 Å². The highest BCUT2D eigenvalue weighted by Gasteiger charge is 2.21. The Morgan fingerprint density at radius 3 is 2.85 bits per heavy atom. The molecule has 8 heteroatoms. The topological polar surface area (TPSA) is 84.1 Å². The molecule has 2 rings (SSSR count). The van der Waals surface area contributed by atoms with Crippen molar-refractivity contribution in [3.05, 3.63) is 34.4 Å². The van der Waals surface area contributed by atoms with Crippen LogP contribution in [0.4, 0.5) is 5.82 Å². The van der Waals surface area contributed by atoms with Gasteiger partial charge in [0, 0.05) is 10.0 Å². The number of aromatic nitrogens is 2.